The molecule has 7 nitrogen and oxygen atoms in total. The summed E-state index contributed by atoms with van der Waals surface area (Å²) in [5.41, 5.74) is 1.22. The predicted octanol–water partition coefficient (Wildman–Crippen LogP) is 3.37. The summed E-state index contributed by atoms with van der Waals surface area (Å²) < 4.78 is 5.87. The molecule has 0 aliphatic carbocycles. The summed E-state index contributed by atoms with van der Waals surface area (Å²) in [6.07, 6.45) is 0. The fourth-order valence-electron chi connectivity index (χ4n) is 1.70. The Bertz CT molecular complexity index is 840. The van der Waals surface area contributed by atoms with Crippen LogP contribution in [0.4, 0.5) is 0 Å². The molecule has 0 bridgehead atoms. The largest absolute Gasteiger partial charge is 0.464 e. The second kappa shape index (κ2) is 10.2. The van der Waals surface area contributed by atoms with Crippen LogP contribution in [0, 0.1) is 0 Å². The molecule has 2 rings (SSSR count). The first-order valence-electron chi connectivity index (χ1n) is 7.23. The van der Waals surface area contributed by atoms with Crippen molar-refractivity contribution in [2.75, 3.05) is 7.11 Å². The van der Waals surface area contributed by atoms with E-state index < -0.39 is 5.97 Å². The summed E-state index contributed by atoms with van der Waals surface area (Å²) in [5.74, 6) is -0.865. The fraction of sp³-hybridized carbons (Fsp3) is 0.235. The minimum atomic E-state index is -0.561. The molecule has 0 atom stereocenters. The molecule has 2 heterocycles. The molecule has 2 aromatic rings. The standard InChI is InChI=1S/C9H8BrNO3.C8H8BrNO2/c1-5(12)7-3-6(10)4-8(11-7)9(13)14-2;1-5(12)8-3-6(9)2-7(4-11)10-8/h3-4H,1-2H3;2-3,11H,4H2,1H3. The van der Waals surface area contributed by atoms with Crippen molar-refractivity contribution >= 4 is 49.4 Å². The van der Waals surface area contributed by atoms with Crippen molar-refractivity contribution in [3.63, 3.8) is 0 Å². The molecule has 0 spiro atoms. The number of carbonyl (C=O) groups is 3. The van der Waals surface area contributed by atoms with Gasteiger partial charge >= 0.3 is 5.97 Å². The molecular weight excluding hydrogens is 472 g/mol. The summed E-state index contributed by atoms with van der Waals surface area (Å²) in [6, 6.07) is 6.35. The molecule has 0 aliphatic rings. The first-order valence-corrected chi connectivity index (χ1v) is 8.81. The Balaban J connectivity index is 0.000000263. The van der Waals surface area contributed by atoms with Crippen LogP contribution < -0.4 is 0 Å². The molecular formula is C17H16Br2N2O5. The number of carbonyl (C=O) groups excluding carboxylic acids is 3. The van der Waals surface area contributed by atoms with Crippen molar-refractivity contribution in [2.45, 2.75) is 20.5 Å². The lowest BCUT2D eigenvalue weighted by molar-refractivity contribution is 0.0593. The van der Waals surface area contributed by atoms with Gasteiger partial charge in [-0.25, -0.2) is 14.8 Å². The van der Waals surface area contributed by atoms with E-state index in [4.69, 9.17) is 5.11 Å². The van der Waals surface area contributed by atoms with Crippen molar-refractivity contribution in [1.82, 2.24) is 9.97 Å². The van der Waals surface area contributed by atoms with Gasteiger partial charge in [0.2, 0.25) is 0 Å². The number of aliphatic hydroxyl groups excluding tert-OH is 1. The lowest BCUT2D eigenvalue weighted by Crippen LogP contribution is -2.08. The van der Waals surface area contributed by atoms with Crippen LogP contribution in [-0.4, -0.2) is 39.7 Å². The minimum Gasteiger partial charge on any atom is -0.464 e. The van der Waals surface area contributed by atoms with E-state index in [1.165, 1.54) is 27.0 Å². The lowest BCUT2D eigenvalue weighted by Gasteiger charge is -2.01. The van der Waals surface area contributed by atoms with Crippen molar-refractivity contribution < 1.29 is 24.2 Å². The third-order valence-electron chi connectivity index (χ3n) is 2.91. The summed E-state index contributed by atoms with van der Waals surface area (Å²) in [4.78, 5) is 40.8. The zero-order valence-corrected chi connectivity index (χ0v) is 17.4. The number of ether oxygens (including phenoxy) is 1. The quantitative estimate of drug-likeness (QED) is 0.520. The van der Waals surface area contributed by atoms with Gasteiger partial charge in [0.05, 0.1) is 19.4 Å². The van der Waals surface area contributed by atoms with E-state index in [0.29, 0.717) is 15.9 Å². The summed E-state index contributed by atoms with van der Waals surface area (Å²) in [5, 5.41) is 8.77. The van der Waals surface area contributed by atoms with Crippen molar-refractivity contribution in [3.8, 4) is 0 Å². The first kappa shape index (κ1) is 22.1. The Hall–Kier alpha value is -1.97. The number of Topliss-reactive ketones (excluding diaryl/α,β-unsaturated/α-hetero) is 2. The van der Waals surface area contributed by atoms with E-state index in [2.05, 4.69) is 46.6 Å². The highest BCUT2D eigenvalue weighted by atomic mass is 79.9. The summed E-state index contributed by atoms with van der Waals surface area (Å²) in [6.45, 7) is 2.67. The highest BCUT2D eigenvalue weighted by Crippen LogP contribution is 2.14. The van der Waals surface area contributed by atoms with E-state index >= 15 is 0 Å². The van der Waals surface area contributed by atoms with Crippen LogP contribution in [0.2, 0.25) is 0 Å². The Labute approximate surface area is 167 Å². The van der Waals surface area contributed by atoms with Gasteiger partial charge in [0, 0.05) is 22.8 Å². The van der Waals surface area contributed by atoms with Gasteiger partial charge in [0.15, 0.2) is 11.6 Å². The fourth-order valence-corrected chi connectivity index (χ4v) is 2.61. The molecule has 9 heteroatoms. The number of hydrogen-bond donors (Lipinski definition) is 1. The smallest absolute Gasteiger partial charge is 0.356 e. The molecule has 0 saturated carbocycles. The van der Waals surface area contributed by atoms with Crippen LogP contribution in [0.3, 0.4) is 0 Å². The van der Waals surface area contributed by atoms with E-state index in [0.717, 1.165) is 4.47 Å². The summed E-state index contributed by atoms with van der Waals surface area (Å²) in [7, 11) is 1.26. The maximum atomic E-state index is 11.1. The monoisotopic (exact) mass is 486 g/mol. The Morgan fingerprint density at radius 2 is 1.38 bits per heavy atom. The summed E-state index contributed by atoms with van der Waals surface area (Å²) >= 11 is 6.40. The van der Waals surface area contributed by atoms with E-state index in [9.17, 15) is 14.4 Å². The number of nitrogens with zero attached hydrogens (tertiary/aromatic N) is 2. The molecule has 0 aromatic carbocycles. The van der Waals surface area contributed by atoms with E-state index in [1.807, 2.05) is 0 Å². The number of ketones is 2. The zero-order valence-electron chi connectivity index (χ0n) is 14.2. The molecule has 1 N–H and O–H groups in total. The van der Waals surface area contributed by atoms with Crippen molar-refractivity contribution in [1.29, 1.82) is 0 Å². The third-order valence-corrected chi connectivity index (χ3v) is 3.83. The van der Waals surface area contributed by atoms with Gasteiger partial charge in [-0.05, 0) is 24.3 Å². The molecule has 0 radical (unpaired) electrons. The second-order valence-corrected chi connectivity index (χ2v) is 6.81. The SMILES string of the molecule is CC(=O)c1cc(Br)cc(CO)n1.COC(=O)c1cc(Br)cc(C(C)=O)n1. The van der Waals surface area contributed by atoms with Gasteiger partial charge < -0.3 is 9.84 Å². The topological polar surface area (TPSA) is 106 Å². The van der Waals surface area contributed by atoms with Crippen LogP contribution in [0.25, 0.3) is 0 Å². The minimum absolute atomic E-state index is 0.106. The van der Waals surface area contributed by atoms with Gasteiger partial charge in [0.25, 0.3) is 0 Å². The van der Waals surface area contributed by atoms with E-state index in [1.54, 1.807) is 18.2 Å². The number of esters is 1. The number of methoxy groups -OCH3 is 1. The zero-order chi connectivity index (χ0) is 19.9. The van der Waals surface area contributed by atoms with Crippen molar-refractivity contribution in [2.24, 2.45) is 0 Å². The molecule has 138 valence electrons. The number of hydrogen-bond acceptors (Lipinski definition) is 7. The Morgan fingerprint density at radius 3 is 1.85 bits per heavy atom. The van der Waals surface area contributed by atoms with Crippen molar-refractivity contribution in [3.05, 3.63) is 56.0 Å². The number of aromatic nitrogens is 2. The number of rotatable bonds is 4. The first-order chi connectivity index (χ1) is 12.2. The van der Waals surface area contributed by atoms with Gasteiger partial charge in [-0.3, -0.25) is 9.59 Å². The normalized spacial score (nSPS) is 9.77. The molecule has 2 aromatic heterocycles. The maximum absolute atomic E-state index is 11.1. The van der Waals surface area contributed by atoms with E-state index in [-0.39, 0.29) is 29.6 Å². The van der Waals surface area contributed by atoms with Crippen LogP contribution in [0.5, 0.6) is 0 Å². The number of aliphatic hydroxyl groups is 1. The average Bonchev–Trinajstić information content (AvgIpc) is 2.60. The molecule has 0 fully saturated rings. The average molecular weight is 488 g/mol. The molecule has 0 saturated heterocycles. The maximum Gasteiger partial charge on any atom is 0.356 e. The highest BCUT2D eigenvalue weighted by molar-refractivity contribution is 9.10. The van der Waals surface area contributed by atoms with Crippen LogP contribution >= 0.6 is 31.9 Å². The molecule has 0 amide bonds. The van der Waals surface area contributed by atoms with Gasteiger partial charge in [-0.1, -0.05) is 31.9 Å². The lowest BCUT2D eigenvalue weighted by atomic mass is 10.2. The molecule has 26 heavy (non-hydrogen) atoms. The third kappa shape index (κ3) is 6.74. The predicted molar refractivity (Wildman–Crippen MR) is 101 cm³/mol. The van der Waals surface area contributed by atoms with Crippen LogP contribution in [-0.2, 0) is 11.3 Å². The number of halogens is 2. The molecule has 0 aliphatic heterocycles. The van der Waals surface area contributed by atoms with Gasteiger partial charge in [-0.2, -0.15) is 0 Å². The van der Waals surface area contributed by atoms with Crippen LogP contribution in [0.1, 0.15) is 51.0 Å². The molecule has 0 unspecified atom stereocenters. The van der Waals surface area contributed by atoms with Gasteiger partial charge in [-0.15, -0.1) is 0 Å². The Morgan fingerprint density at radius 1 is 0.923 bits per heavy atom. The highest BCUT2D eigenvalue weighted by Gasteiger charge is 2.11. The van der Waals surface area contributed by atoms with Crippen LogP contribution in [0.15, 0.2) is 33.2 Å². The Kier molecular flexibility index (Phi) is 8.70. The van der Waals surface area contributed by atoms with Gasteiger partial charge in [0.1, 0.15) is 17.1 Å². The second-order valence-electron chi connectivity index (χ2n) is 4.98. The number of pyridine rings is 2.